The molecule has 0 saturated carbocycles. The summed E-state index contributed by atoms with van der Waals surface area (Å²) in [4.78, 5) is 17.7. The highest BCUT2D eigenvalue weighted by molar-refractivity contribution is 7.15. The third-order valence-corrected chi connectivity index (χ3v) is 5.03. The van der Waals surface area contributed by atoms with Gasteiger partial charge in [-0.25, -0.2) is 9.78 Å². The SMILES string of the molecule is CCOC(=O)c1cnn(Cc2nc(-c3cc(C)cc(CN)c3)sc2C)c1. The van der Waals surface area contributed by atoms with E-state index in [-0.39, 0.29) is 5.97 Å². The number of aryl methyl sites for hydroxylation is 2. The Morgan fingerprint density at radius 2 is 2.12 bits per heavy atom. The van der Waals surface area contributed by atoms with Crippen LogP contribution in [0.4, 0.5) is 0 Å². The Bertz CT molecular complexity index is 930. The molecule has 0 saturated heterocycles. The number of benzene rings is 1. The second-order valence-corrected chi connectivity index (χ2v) is 7.28. The molecular weight excluding hydrogens is 348 g/mol. The molecule has 3 aromatic rings. The Balaban J connectivity index is 1.83. The zero-order valence-corrected chi connectivity index (χ0v) is 16.0. The number of hydrogen-bond acceptors (Lipinski definition) is 6. The van der Waals surface area contributed by atoms with Gasteiger partial charge in [0.1, 0.15) is 5.01 Å². The summed E-state index contributed by atoms with van der Waals surface area (Å²) in [5, 5.41) is 5.21. The molecule has 2 heterocycles. The van der Waals surface area contributed by atoms with Crippen molar-refractivity contribution in [1.82, 2.24) is 14.8 Å². The molecule has 2 N–H and O–H groups in total. The zero-order chi connectivity index (χ0) is 18.7. The van der Waals surface area contributed by atoms with Gasteiger partial charge >= 0.3 is 5.97 Å². The van der Waals surface area contributed by atoms with Gasteiger partial charge in [-0.1, -0.05) is 11.6 Å². The minimum absolute atomic E-state index is 0.347. The van der Waals surface area contributed by atoms with Crippen molar-refractivity contribution in [2.24, 2.45) is 5.73 Å². The number of aromatic nitrogens is 3. The first kappa shape index (κ1) is 18.3. The second kappa shape index (κ2) is 7.80. The zero-order valence-electron chi connectivity index (χ0n) is 15.2. The summed E-state index contributed by atoms with van der Waals surface area (Å²) in [6, 6.07) is 6.29. The molecule has 0 amide bonds. The van der Waals surface area contributed by atoms with Crippen LogP contribution in [0.3, 0.4) is 0 Å². The van der Waals surface area contributed by atoms with Crippen molar-refractivity contribution in [3.8, 4) is 10.6 Å². The van der Waals surface area contributed by atoms with E-state index in [2.05, 4.69) is 30.2 Å². The summed E-state index contributed by atoms with van der Waals surface area (Å²) in [5.74, 6) is -0.358. The van der Waals surface area contributed by atoms with Gasteiger partial charge in [0.2, 0.25) is 0 Å². The van der Waals surface area contributed by atoms with Crippen molar-refractivity contribution in [2.45, 2.75) is 33.9 Å². The lowest BCUT2D eigenvalue weighted by Crippen LogP contribution is -2.04. The highest BCUT2D eigenvalue weighted by atomic mass is 32.1. The molecule has 0 bridgehead atoms. The van der Waals surface area contributed by atoms with E-state index in [1.165, 1.54) is 11.8 Å². The number of esters is 1. The molecule has 0 aliphatic rings. The van der Waals surface area contributed by atoms with Crippen LogP contribution in [0.5, 0.6) is 0 Å². The molecule has 0 radical (unpaired) electrons. The Morgan fingerprint density at radius 3 is 2.85 bits per heavy atom. The molecule has 0 atom stereocenters. The van der Waals surface area contributed by atoms with Gasteiger partial charge in [0, 0.05) is 23.2 Å². The number of hydrogen-bond donors (Lipinski definition) is 1. The van der Waals surface area contributed by atoms with Crippen LogP contribution in [0.25, 0.3) is 10.6 Å². The maximum atomic E-state index is 11.8. The molecule has 3 rings (SSSR count). The molecule has 0 unspecified atom stereocenters. The average molecular weight is 370 g/mol. The third-order valence-electron chi connectivity index (χ3n) is 3.97. The number of thiazole rings is 1. The van der Waals surface area contributed by atoms with Crippen molar-refractivity contribution < 1.29 is 9.53 Å². The van der Waals surface area contributed by atoms with E-state index in [1.54, 1.807) is 29.1 Å². The standard InChI is InChI=1S/C19H22N4O2S/c1-4-25-19(24)16-9-21-23(10-16)11-17-13(3)26-18(22-17)15-6-12(2)5-14(7-15)8-20/h5-7,9-10H,4,8,11,20H2,1-3H3. The average Bonchev–Trinajstić information content (AvgIpc) is 3.22. The summed E-state index contributed by atoms with van der Waals surface area (Å²) in [7, 11) is 0. The third kappa shape index (κ3) is 4.00. The van der Waals surface area contributed by atoms with E-state index in [1.807, 2.05) is 6.92 Å². The van der Waals surface area contributed by atoms with E-state index in [9.17, 15) is 4.79 Å². The molecule has 7 heteroatoms. The van der Waals surface area contributed by atoms with E-state index in [0.29, 0.717) is 25.3 Å². The minimum Gasteiger partial charge on any atom is -0.462 e. The van der Waals surface area contributed by atoms with Crippen LogP contribution in [0.15, 0.2) is 30.6 Å². The van der Waals surface area contributed by atoms with Crippen LogP contribution in [-0.2, 0) is 17.8 Å². The van der Waals surface area contributed by atoms with Crippen molar-refractivity contribution in [1.29, 1.82) is 0 Å². The summed E-state index contributed by atoms with van der Waals surface area (Å²) < 4.78 is 6.70. The highest BCUT2D eigenvalue weighted by Gasteiger charge is 2.14. The van der Waals surface area contributed by atoms with E-state index >= 15 is 0 Å². The van der Waals surface area contributed by atoms with Crippen molar-refractivity contribution in [2.75, 3.05) is 6.61 Å². The second-order valence-electron chi connectivity index (χ2n) is 6.08. The molecule has 6 nitrogen and oxygen atoms in total. The number of rotatable bonds is 6. The Morgan fingerprint density at radius 1 is 1.31 bits per heavy atom. The van der Waals surface area contributed by atoms with Gasteiger partial charge in [-0.15, -0.1) is 11.3 Å². The number of carbonyl (C=O) groups excluding carboxylic acids is 1. The molecule has 0 aliphatic heterocycles. The number of ether oxygens (including phenoxy) is 1. The Kier molecular flexibility index (Phi) is 5.49. The van der Waals surface area contributed by atoms with Gasteiger partial charge in [-0.2, -0.15) is 5.10 Å². The highest BCUT2D eigenvalue weighted by Crippen LogP contribution is 2.29. The largest absolute Gasteiger partial charge is 0.462 e. The monoisotopic (exact) mass is 370 g/mol. The van der Waals surface area contributed by atoms with Gasteiger partial charge in [-0.3, -0.25) is 4.68 Å². The first-order valence-electron chi connectivity index (χ1n) is 8.47. The van der Waals surface area contributed by atoms with E-state index in [4.69, 9.17) is 15.5 Å². The lowest BCUT2D eigenvalue weighted by atomic mass is 10.1. The normalized spacial score (nSPS) is 10.9. The number of nitrogens with zero attached hydrogens (tertiary/aromatic N) is 3. The van der Waals surface area contributed by atoms with Gasteiger partial charge in [0.25, 0.3) is 0 Å². The summed E-state index contributed by atoms with van der Waals surface area (Å²) in [5.41, 5.74) is 10.5. The first-order valence-corrected chi connectivity index (χ1v) is 9.28. The fourth-order valence-electron chi connectivity index (χ4n) is 2.73. The van der Waals surface area contributed by atoms with Crippen LogP contribution in [0.1, 0.15) is 39.0 Å². The van der Waals surface area contributed by atoms with Gasteiger partial charge in [0.15, 0.2) is 0 Å². The first-order chi connectivity index (χ1) is 12.5. The molecule has 136 valence electrons. The van der Waals surface area contributed by atoms with Crippen molar-refractivity contribution >= 4 is 17.3 Å². The topological polar surface area (TPSA) is 83.0 Å². The van der Waals surface area contributed by atoms with Crippen LogP contribution >= 0.6 is 11.3 Å². The Labute approximate surface area is 156 Å². The number of carbonyl (C=O) groups is 1. The quantitative estimate of drug-likeness (QED) is 0.673. The maximum Gasteiger partial charge on any atom is 0.341 e. The smallest absolute Gasteiger partial charge is 0.341 e. The number of nitrogens with two attached hydrogens (primary N) is 1. The Hall–Kier alpha value is -2.51. The van der Waals surface area contributed by atoms with Crippen LogP contribution in [0, 0.1) is 13.8 Å². The fourth-order valence-corrected chi connectivity index (χ4v) is 3.63. The minimum atomic E-state index is -0.358. The van der Waals surface area contributed by atoms with Gasteiger partial charge < -0.3 is 10.5 Å². The lowest BCUT2D eigenvalue weighted by molar-refractivity contribution is 0.0526. The summed E-state index contributed by atoms with van der Waals surface area (Å²) >= 11 is 1.65. The lowest BCUT2D eigenvalue weighted by Gasteiger charge is -2.03. The summed E-state index contributed by atoms with van der Waals surface area (Å²) in [6.07, 6.45) is 3.21. The maximum absolute atomic E-state index is 11.8. The molecule has 0 fully saturated rings. The van der Waals surface area contributed by atoms with Crippen LogP contribution in [-0.4, -0.2) is 27.3 Å². The van der Waals surface area contributed by atoms with Crippen LogP contribution in [0.2, 0.25) is 0 Å². The predicted molar refractivity (Wildman–Crippen MR) is 102 cm³/mol. The van der Waals surface area contributed by atoms with Gasteiger partial charge in [-0.05, 0) is 38.5 Å². The van der Waals surface area contributed by atoms with Crippen molar-refractivity contribution in [3.63, 3.8) is 0 Å². The molecule has 2 aromatic heterocycles. The molecule has 1 aromatic carbocycles. The molecular formula is C19H22N4O2S. The summed E-state index contributed by atoms with van der Waals surface area (Å²) in [6.45, 7) is 7.26. The fraction of sp³-hybridized carbons (Fsp3) is 0.316. The van der Waals surface area contributed by atoms with Crippen molar-refractivity contribution in [3.05, 3.63) is 57.9 Å². The van der Waals surface area contributed by atoms with E-state index < -0.39 is 0 Å². The molecule has 26 heavy (non-hydrogen) atoms. The molecule has 0 spiro atoms. The van der Waals surface area contributed by atoms with Crippen LogP contribution < -0.4 is 5.73 Å². The predicted octanol–water partition coefficient (Wildman–Crippen LogP) is 3.31. The van der Waals surface area contributed by atoms with Gasteiger partial charge in [0.05, 0.1) is 30.6 Å². The van der Waals surface area contributed by atoms with E-state index in [0.717, 1.165) is 26.7 Å². The molecule has 0 aliphatic carbocycles.